The lowest BCUT2D eigenvalue weighted by molar-refractivity contribution is 0.212. The lowest BCUT2D eigenvalue weighted by Crippen LogP contribution is -2.28. The molecule has 0 spiro atoms. The standard InChI is InChI=1S/C10H15I/c1-9(5-11)6-3-7-8(4-6)10(7,9)2/h6-8H,3-5H2,1-2H3/t6?,7-,8-,9+,10?/m1/s1. The van der Waals surface area contributed by atoms with Crippen LogP contribution in [0.4, 0.5) is 0 Å². The second-order valence-electron chi connectivity index (χ2n) is 5.22. The van der Waals surface area contributed by atoms with Crippen LogP contribution in [0.25, 0.3) is 0 Å². The molecule has 0 nitrogen and oxygen atoms in total. The molecule has 4 rings (SSSR count). The summed E-state index contributed by atoms with van der Waals surface area (Å²) < 4.78 is 1.39. The maximum absolute atomic E-state index is 2.60. The summed E-state index contributed by atoms with van der Waals surface area (Å²) in [5.41, 5.74) is 1.52. The SMILES string of the molecule is CC12[C@@H]3CC(C[C@H]31)[C@]2(C)CI. The predicted octanol–water partition coefficient (Wildman–Crippen LogP) is 3.10. The third-order valence-electron chi connectivity index (χ3n) is 5.40. The van der Waals surface area contributed by atoms with Gasteiger partial charge in [-0.05, 0) is 41.4 Å². The van der Waals surface area contributed by atoms with Gasteiger partial charge in [0.1, 0.15) is 0 Å². The van der Waals surface area contributed by atoms with E-state index in [1.54, 1.807) is 12.8 Å². The highest BCUT2D eigenvalue weighted by Gasteiger charge is 2.80. The minimum atomic E-state index is 0.725. The fourth-order valence-electron chi connectivity index (χ4n) is 4.29. The first-order chi connectivity index (χ1) is 5.14. The second-order valence-corrected chi connectivity index (χ2v) is 5.98. The number of hydrogen-bond acceptors (Lipinski definition) is 0. The molecule has 0 unspecified atom stereocenters. The highest BCUT2D eigenvalue weighted by molar-refractivity contribution is 14.1. The van der Waals surface area contributed by atoms with Gasteiger partial charge in [-0.2, -0.15) is 0 Å². The van der Waals surface area contributed by atoms with Gasteiger partial charge in [0.25, 0.3) is 0 Å². The molecule has 11 heavy (non-hydrogen) atoms. The van der Waals surface area contributed by atoms with Crippen molar-refractivity contribution in [2.45, 2.75) is 26.7 Å². The average molecular weight is 262 g/mol. The van der Waals surface area contributed by atoms with Gasteiger partial charge >= 0.3 is 0 Å². The molecule has 4 saturated carbocycles. The summed E-state index contributed by atoms with van der Waals surface area (Å²) in [6.45, 7) is 5.09. The van der Waals surface area contributed by atoms with Crippen molar-refractivity contribution in [3.05, 3.63) is 0 Å². The normalized spacial score (nSPS) is 70.6. The predicted molar refractivity (Wildman–Crippen MR) is 54.8 cm³/mol. The van der Waals surface area contributed by atoms with Crippen LogP contribution in [0.15, 0.2) is 0 Å². The Morgan fingerprint density at radius 3 is 2.00 bits per heavy atom. The van der Waals surface area contributed by atoms with E-state index in [0.29, 0.717) is 0 Å². The van der Waals surface area contributed by atoms with E-state index in [1.807, 2.05) is 0 Å². The number of rotatable bonds is 1. The van der Waals surface area contributed by atoms with Crippen LogP contribution >= 0.6 is 22.6 Å². The van der Waals surface area contributed by atoms with Gasteiger partial charge in [-0.15, -0.1) is 0 Å². The highest BCUT2D eigenvalue weighted by Crippen LogP contribution is 2.86. The largest absolute Gasteiger partial charge is 0.0857 e. The lowest BCUT2D eigenvalue weighted by Gasteiger charge is -2.31. The van der Waals surface area contributed by atoms with E-state index in [1.165, 1.54) is 4.43 Å². The first-order valence-electron chi connectivity index (χ1n) is 4.70. The zero-order valence-corrected chi connectivity index (χ0v) is 9.39. The number of alkyl halides is 1. The van der Waals surface area contributed by atoms with Gasteiger partial charge < -0.3 is 0 Å². The fraction of sp³-hybridized carbons (Fsp3) is 1.00. The van der Waals surface area contributed by atoms with Crippen LogP contribution in [0.1, 0.15) is 26.7 Å². The minimum Gasteiger partial charge on any atom is -0.0857 e. The zero-order valence-electron chi connectivity index (χ0n) is 7.23. The Labute approximate surface area is 82.3 Å². The molecule has 4 bridgehead atoms. The van der Waals surface area contributed by atoms with Gasteiger partial charge in [0.15, 0.2) is 0 Å². The van der Waals surface area contributed by atoms with E-state index in [-0.39, 0.29) is 0 Å². The Bertz CT molecular complexity index is 211. The average Bonchev–Trinajstić information content (AvgIpc) is 2.42. The Kier molecular flexibility index (Phi) is 1.08. The summed E-state index contributed by atoms with van der Waals surface area (Å²) in [5, 5.41) is 0. The smallest absolute Gasteiger partial charge is 0.00574 e. The molecule has 0 radical (unpaired) electrons. The second kappa shape index (κ2) is 1.66. The van der Waals surface area contributed by atoms with Gasteiger partial charge in [-0.25, -0.2) is 0 Å². The van der Waals surface area contributed by atoms with E-state index in [9.17, 15) is 0 Å². The van der Waals surface area contributed by atoms with Crippen LogP contribution in [0.2, 0.25) is 0 Å². The molecule has 4 aliphatic rings. The quantitative estimate of drug-likeness (QED) is 0.503. The molecule has 62 valence electrons. The van der Waals surface area contributed by atoms with E-state index >= 15 is 0 Å². The maximum atomic E-state index is 2.60. The Morgan fingerprint density at radius 2 is 1.82 bits per heavy atom. The molecular weight excluding hydrogens is 247 g/mol. The zero-order chi connectivity index (χ0) is 7.85. The van der Waals surface area contributed by atoms with Gasteiger partial charge in [0.2, 0.25) is 0 Å². The molecule has 0 heterocycles. The van der Waals surface area contributed by atoms with Crippen molar-refractivity contribution >= 4 is 22.6 Å². The van der Waals surface area contributed by atoms with Crippen LogP contribution in [0, 0.1) is 28.6 Å². The molecule has 3 atom stereocenters. The summed E-state index contributed by atoms with van der Waals surface area (Å²) >= 11 is 2.60. The summed E-state index contributed by atoms with van der Waals surface area (Å²) in [5.74, 6) is 3.39. The summed E-state index contributed by atoms with van der Waals surface area (Å²) in [6, 6.07) is 0. The minimum absolute atomic E-state index is 0.725. The van der Waals surface area contributed by atoms with Crippen LogP contribution in [-0.4, -0.2) is 4.43 Å². The van der Waals surface area contributed by atoms with E-state index in [4.69, 9.17) is 0 Å². The topological polar surface area (TPSA) is 0 Å². The van der Waals surface area contributed by atoms with E-state index in [0.717, 1.165) is 28.6 Å². The fourth-order valence-corrected chi connectivity index (χ4v) is 5.73. The van der Waals surface area contributed by atoms with Crippen LogP contribution < -0.4 is 0 Å². The van der Waals surface area contributed by atoms with Gasteiger partial charge in [0, 0.05) is 4.43 Å². The molecule has 1 heteroatoms. The van der Waals surface area contributed by atoms with E-state index in [2.05, 4.69) is 36.4 Å². The van der Waals surface area contributed by atoms with Crippen molar-refractivity contribution in [2.24, 2.45) is 28.6 Å². The molecule has 4 fully saturated rings. The summed E-state index contributed by atoms with van der Waals surface area (Å²) in [6.07, 6.45) is 3.14. The maximum Gasteiger partial charge on any atom is 0.00574 e. The number of hydrogen-bond donors (Lipinski definition) is 0. The number of halogens is 1. The Balaban J connectivity index is 2.10. The molecule has 0 aromatic carbocycles. The third-order valence-corrected chi connectivity index (χ3v) is 6.99. The highest BCUT2D eigenvalue weighted by atomic mass is 127. The van der Waals surface area contributed by atoms with Crippen molar-refractivity contribution in [1.82, 2.24) is 0 Å². The monoisotopic (exact) mass is 262 g/mol. The molecular formula is C10H15I. The Hall–Kier alpha value is 0.730. The molecule has 4 aliphatic carbocycles. The third kappa shape index (κ3) is 0.493. The van der Waals surface area contributed by atoms with Crippen molar-refractivity contribution in [1.29, 1.82) is 0 Å². The lowest BCUT2D eigenvalue weighted by atomic mass is 9.76. The molecule has 0 saturated heterocycles. The van der Waals surface area contributed by atoms with Gasteiger partial charge in [0.05, 0.1) is 0 Å². The van der Waals surface area contributed by atoms with Crippen LogP contribution in [-0.2, 0) is 0 Å². The van der Waals surface area contributed by atoms with E-state index < -0.39 is 0 Å². The first-order valence-corrected chi connectivity index (χ1v) is 6.23. The van der Waals surface area contributed by atoms with Gasteiger partial charge in [-0.3, -0.25) is 0 Å². The molecule has 0 aromatic heterocycles. The molecule has 0 amide bonds. The van der Waals surface area contributed by atoms with Crippen LogP contribution in [0.3, 0.4) is 0 Å². The summed E-state index contributed by atoms with van der Waals surface area (Å²) in [7, 11) is 0. The van der Waals surface area contributed by atoms with Crippen molar-refractivity contribution in [3.8, 4) is 0 Å². The van der Waals surface area contributed by atoms with Crippen molar-refractivity contribution in [3.63, 3.8) is 0 Å². The molecule has 0 aromatic rings. The molecule has 0 N–H and O–H groups in total. The van der Waals surface area contributed by atoms with Crippen LogP contribution in [0.5, 0.6) is 0 Å². The van der Waals surface area contributed by atoms with Crippen molar-refractivity contribution in [2.75, 3.05) is 4.43 Å². The molecule has 0 aliphatic heterocycles. The van der Waals surface area contributed by atoms with Crippen molar-refractivity contribution < 1.29 is 0 Å². The Morgan fingerprint density at radius 1 is 1.27 bits per heavy atom. The summed E-state index contributed by atoms with van der Waals surface area (Å²) in [4.78, 5) is 0. The van der Waals surface area contributed by atoms with Gasteiger partial charge in [-0.1, -0.05) is 36.4 Å². The first kappa shape index (κ1) is 7.16.